The molecule has 4 nitrogen and oxygen atoms in total. The van der Waals surface area contributed by atoms with E-state index in [0.29, 0.717) is 5.56 Å². The first-order valence-electron chi connectivity index (χ1n) is 7.75. The van der Waals surface area contributed by atoms with Crippen molar-refractivity contribution in [3.8, 4) is 17.0 Å². The molecule has 0 aliphatic heterocycles. The van der Waals surface area contributed by atoms with Crippen LogP contribution < -0.4 is 4.74 Å². The van der Waals surface area contributed by atoms with Crippen molar-refractivity contribution in [1.29, 1.82) is 0 Å². The van der Waals surface area contributed by atoms with Gasteiger partial charge in [0, 0.05) is 11.5 Å². The van der Waals surface area contributed by atoms with Crippen molar-refractivity contribution >= 4 is 11.1 Å². The molecule has 0 N–H and O–H groups in total. The van der Waals surface area contributed by atoms with E-state index in [9.17, 15) is 22.0 Å². The van der Waals surface area contributed by atoms with Crippen molar-refractivity contribution in [2.24, 2.45) is 0 Å². The molecule has 0 spiro atoms. The Balaban J connectivity index is 1.81. The highest BCUT2D eigenvalue weighted by Crippen LogP contribution is 2.46. The Hall–Kier alpha value is -2.71. The maximum Gasteiger partial charge on any atom is 0.417 e. The third-order valence-corrected chi connectivity index (χ3v) is 4.12. The number of hydrogen-bond donors (Lipinski definition) is 0. The third-order valence-electron chi connectivity index (χ3n) is 4.12. The predicted molar refractivity (Wildman–Crippen MR) is 80.8 cm³/mol. The third kappa shape index (κ3) is 3.09. The molecule has 136 valence electrons. The second-order valence-electron chi connectivity index (χ2n) is 5.98. The molecule has 1 saturated carbocycles. The van der Waals surface area contributed by atoms with Crippen molar-refractivity contribution in [1.82, 2.24) is 10.1 Å². The number of halogens is 5. The highest BCUT2D eigenvalue weighted by Gasteiger charge is 2.39. The molecular weight excluding hydrogens is 359 g/mol. The van der Waals surface area contributed by atoms with Crippen molar-refractivity contribution in [2.75, 3.05) is 0 Å². The summed E-state index contributed by atoms with van der Waals surface area (Å²) in [5.74, 6) is -0.132. The number of hydrogen-bond acceptors (Lipinski definition) is 4. The summed E-state index contributed by atoms with van der Waals surface area (Å²) in [6.07, 6.45) is -3.07. The van der Waals surface area contributed by atoms with Gasteiger partial charge in [-0.1, -0.05) is 5.16 Å². The molecule has 4 rings (SSSR count). The van der Waals surface area contributed by atoms with Crippen LogP contribution in [0, 0.1) is 0 Å². The first kappa shape index (κ1) is 16.7. The summed E-state index contributed by atoms with van der Waals surface area (Å²) in [6.45, 7) is -2.98. The first-order chi connectivity index (χ1) is 12.3. The number of pyridine rings is 1. The van der Waals surface area contributed by atoms with Crippen LogP contribution in [0.1, 0.15) is 30.0 Å². The lowest BCUT2D eigenvalue weighted by atomic mass is 10.0. The fraction of sp³-hybridized carbons (Fsp3) is 0.294. The Kier molecular flexibility index (Phi) is 3.82. The van der Waals surface area contributed by atoms with Crippen molar-refractivity contribution < 1.29 is 31.2 Å². The Morgan fingerprint density at radius 2 is 1.81 bits per heavy atom. The van der Waals surface area contributed by atoms with E-state index >= 15 is 0 Å². The summed E-state index contributed by atoms with van der Waals surface area (Å²) in [5, 5.41) is 3.66. The average molecular weight is 370 g/mol. The van der Waals surface area contributed by atoms with E-state index in [4.69, 9.17) is 4.52 Å². The number of rotatable bonds is 4. The van der Waals surface area contributed by atoms with E-state index in [1.807, 2.05) is 0 Å². The number of ether oxygens (including phenoxy) is 1. The molecule has 2 aromatic heterocycles. The Morgan fingerprint density at radius 1 is 1.12 bits per heavy atom. The maximum atomic E-state index is 13.6. The van der Waals surface area contributed by atoms with Gasteiger partial charge in [-0.2, -0.15) is 22.0 Å². The Labute approximate surface area is 143 Å². The van der Waals surface area contributed by atoms with Gasteiger partial charge >= 0.3 is 12.8 Å². The average Bonchev–Trinajstić information content (AvgIpc) is 3.32. The van der Waals surface area contributed by atoms with Gasteiger partial charge < -0.3 is 9.26 Å². The van der Waals surface area contributed by atoms with E-state index in [1.54, 1.807) is 0 Å². The summed E-state index contributed by atoms with van der Waals surface area (Å²) in [6, 6.07) is 6.09. The van der Waals surface area contributed by atoms with Gasteiger partial charge in [-0.25, -0.2) is 4.98 Å². The van der Waals surface area contributed by atoms with Gasteiger partial charge in [-0.05, 0) is 43.2 Å². The summed E-state index contributed by atoms with van der Waals surface area (Å²) >= 11 is 0. The Morgan fingerprint density at radius 3 is 2.38 bits per heavy atom. The van der Waals surface area contributed by atoms with E-state index in [1.165, 1.54) is 24.3 Å². The molecule has 26 heavy (non-hydrogen) atoms. The largest absolute Gasteiger partial charge is 0.435 e. The SMILES string of the molecule is FC(F)Oc1ccc(-c2cc(C(F)(F)F)c3c(C4CC4)noc3n2)cc1. The first-order valence-corrected chi connectivity index (χ1v) is 7.75. The minimum atomic E-state index is -4.61. The minimum absolute atomic E-state index is 0.00641. The number of benzene rings is 1. The van der Waals surface area contributed by atoms with Gasteiger partial charge in [0.15, 0.2) is 0 Å². The molecule has 0 amide bonds. The van der Waals surface area contributed by atoms with Gasteiger partial charge in [0.05, 0.1) is 22.3 Å². The Bertz CT molecular complexity index is 946. The molecule has 0 bridgehead atoms. The topological polar surface area (TPSA) is 48.2 Å². The second-order valence-corrected chi connectivity index (χ2v) is 5.98. The monoisotopic (exact) mass is 370 g/mol. The lowest BCUT2D eigenvalue weighted by Gasteiger charge is -2.11. The summed E-state index contributed by atoms with van der Waals surface area (Å²) < 4.78 is 74.3. The molecule has 1 aliphatic rings. The number of nitrogens with zero attached hydrogens (tertiary/aromatic N) is 2. The fourth-order valence-corrected chi connectivity index (χ4v) is 2.79. The van der Waals surface area contributed by atoms with Crippen LogP contribution in [0.4, 0.5) is 22.0 Å². The zero-order chi connectivity index (χ0) is 18.5. The molecule has 0 radical (unpaired) electrons. The molecule has 0 unspecified atom stereocenters. The summed E-state index contributed by atoms with van der Waals surface area (Å²) in [5.41, 5.74) is -0.458. The van der Waals surface area contributed by atoms with Gasteiger partial charge in [-0.15, -0.1) is 0 Å². The number of alkyl halides is 5. The molecule has 1 aliphatic carbocycles. The quantitative estimate of drug-likeness (QED) is 0.578. The van der Waals surface area contributed by atoms with E-state index in [-0.39, 0.29) is 34.2 Å². The van der Waals surface area contributed by atoms with E-state index in [2.05, 4.69) is 14.9 Å². The highest BCUT2D eigenvalue weighted by molar-refractivity contribution is 5.84. The summed E-state index contributed by atoms with van der Waals surface area (Å²) in [4.78, 5) is 4.12. The van der Waals surface area contributed by atoms with Crippen molar-refractivity contribution in [3.05, 3.63) is 41.6 Å². The molecule has 9 heteroatoms. The molecule has 0 saturated heterocycles. The van der Waals surface area contributed by atoms with Gasteiger partial charge in [0.2, 0.25) is 0 Å². The van der Waals surface area contributed by atoms with Crippen LogP contribution in [-0.4, -0.2) is 16.8 Å². The zero-order valence-electron chi connectivity index (χ0n) is 13.1. The minimum Gasteiger partial charge on any atom is -0.435 e. The van der Waals surface area contributed by atoms with Crippen LogP contribution in [-0.2, 0) is 6.18 Å². The molecule has 1 fully saturated rings. The standard InChI is InChI=1S/C17H11F5N2O2/c18-16(19)25-10-5-3-8(4-6-10)12-7-11(17(20,21)22)13-14(9-1-2-9)24-26-15(13)23-12/h3-7,9,16H,1-2H2. The van der Waals surface area contributed by atoms with Gasteiger partial charge in [-0.3, -0.25) is 0 Å². The van der Waals surface area contributed by atoms with Crippen LogP contribution in [0.2, 0.25) is 0 Å². The van der Waals surface area contributed by atoms with Crippen LogP contribution in [0.5, 0.6) is 5.75 Å². The normalized spacial score (nSPS) is 15.0. The van der Waals surface area contributed by atoms with Crippen LogP contribution in [0.25, 0.3) is 22.4 Å². The molecular formula is C17H11F5N2O2. The van der Waals surface area contributed by atoms with Crippen LogP contribution in [0.15, 0.2) is 34.9 Å². The van der Waals surface area contributed by atoms with Crippen molar-refractivity contribution in [3.63, 3.8) is 0 Å². The second kappa shape index (κ2) is 5.93. The smallest absolute Gasteiger partial charge is 0.417 e. The summed E-state index contributed by atoms with van der Waals surface area (Å²) in [7, 11) is 0. The molecule has 2 heterocycles. The number of aromatic nitrogens is 2. The molecule has 1 aromatic carbocycles. The van der Waals surface area contributed by atoms with Crippen LogP contribution >= 0.6 is 0 Å². The van der Waals surface area contributed by atoms with Crippen molar-refractivity contribution in [2.45, 2.75) is 31.5 Å². The van der Waals surface area contributed by atoms with Gasteiger partial charge in [0.25, 0.3) is 5.71 Å². The molecule has 0 atom stereocenters. The number of fused-ring (bicyclic) bond motifs is 1. The van der Waals surface area contributed by atoms with E-state index in [0.717, 1.165) is 18.9 Å². The highest BCUT2D eigenvalue weighted by atomic mass is 19.4. The lowest BCUT2D eigenvalue weighted by Crippen LogP contribution is -2.07. The lowest BCUT2D eigenvalue weighted by molar-refractivity contribution is -0.136. The van der Waals surface area contributed by atoms with Gasteiger partial charge in [0.1, 0.15) is 5.75 Å². The maximum absolute atomic E-state index is 13.6. The van der Waals surface area contributed by atoms with E-state index < -0.39 is 18.4 Å². The zero-order valence-corrected chi connectivity index (χ0v) is 13.1. The fourth-order valence-electron chi connectivity index (χ4n) is 2.79. The molecule has 3 aromatic rings. The predicted octanol–water partition coefficient (Wildman–Crippen LogP) is 5.39. The van der Waals surface area contributed by atoms with Crippen LogP contribution in [0.3, 0.4) is 0 Å².